The average molecular weight is 394 g/mol. The molecule has 0 aliphatic carbocycles. The molecule has 1 aromatic carbocycles. The van der Waals surface area contributed by atoms with Gasteiger partial charge in [-0.3, -0.25) is 4.79 Å². The minimum absolute atomic E-state index is 0.0960. The van der Waals surface area contributed by atoms with E-state index in [1.165, 1.54) is 0 Å². The van der Waals surface area contributed by atoms with E-state index in [0.717, 1.165) is 31.9 Å². The van der Waals surface area contributed by atoms with E-state index in [1.807, 2.05) is 6.07 Å². The minimum Gasteiger partial charge on any atom is -0.454 e. The second-order valence-corrected chi connectivity index (χ2v) is 8.24. The van der Waals surface area contributed by atoms with Crippen molar-refractivity contribution in [1.82, 2.24) is 15.3 Å². The van der Waals surface area contributed by atoms with E-state index in [1.54, 1.807) is 30.6 Å². The summed E-state index contributed by atoms with van der Waals surface area (Å²) >= 11 is 0. The number of nitrogens with one attached hydrogen (secondary N) is 1. The van der Waals surface area contributed by atoms with Crippen LogP contribution in [-0.2, 0) is 4.74 Å². The lowest BCUT2D eigenvalue weighted by Crippen LogP contribution is -2.41. The molecular formula is C21H22N4O4. The van der Waals surface area contributed by atoms with Crippen LogP contribution in [0.1, 0.15) is 23.2 Å². The number of rotatable bonds is 4. The summed E-state index contributed by atoms with van der Waals surface area (Å²) in [6.45, 7) is 2.50. The van der Waals surface area contributed by atoms with E-state index in [-0.39, 0.29) is 24.4 Å². The van der Waals surface area contributed by atoms with E-state index in [0.29, 0.717) is 35.4 Å². The normalized spacial score (nSPS) is 31.2. The summed E-state index contributed by atoms with van der Waals surface area (Å²) in [4.78, 5) is 23.7. The average Bonchev–Trinajstić information content (AvgIpc) is 3.51. The van der Waals surface area contributed by atoms with E-state index in [2.05, 4.69) is 20.2 Å². The molecule has 1 N–H and O–H groups in total. The third kappa shape index (κ3) is 2.66. The molecule has 3 saturated heterocycles. The lowest BCUT2D eigenvalue weighted by Gasteiger charge is -2.29. The molecule has 3 fully saturated rings. The molecule has 0 radical (unpaired) electrons. The first kappa shape index (κ1) is 17.0. The number of fused-ring (bicyclic) bond motifs is 2. The number of hydrogen-bond donors (Lipinski definition) is 1. The Hall–Kier alpha value is -2.87. The van der Waals surface area contributed by atoms with Gasteiger partial charge in [0.05, 0.1) is 18.2 Å². The monoisotopic (exact) mass is 394 g/mol. The molecule has 8 nitrogen and oxygen atoms in total. The first-order chi connectivity index (χ1) is 14.2. The van der Waals surface area contributed by atoms with Crippen LogP contribution in [0.2, 0.25) is 0 Å². The zero-order chi connectivity index (χ0) is 19.4. The smallest absolute Gasteiger partial charge is 0.251 e. The standard InChI is InChI=1S/C21H22N4O4/c26-19(13-2-3-17-18(8-13)28-12-27-17)24-9-14-15-10-25(20-22-6-1-7-23-20)11-21(15)5-4-16(14)29-21/h1-3,6-8,14-16H,4-5,9-12H2,(H,24,26)/t14-,15+,16+,21+/m0/s1. The number of aromatic nitrogens is 2. The van der Waals surface area contributed by atoms with Crippen molar-refractivity contribution >= 4 is 11.9 Å². The van der Waals surface area contributed by atoms with Gasteiger partial charge in [0.1, 0.15) is 0 Å². The van der Waals surface area contributed by atoms with Crippen LogP contribution < -0.4 is 19.7 Å². The topological polar surface area (TPSA) is 85.8 Å². The summed E-state index contributed by atoms with van der Waals surface area (Å²) in [6.07, 6.45) is 5.88. The molecule has 1 amide bonds. The predicted molar refractivity (Wildman–Crippen MR) is 103 cm³/mol. The zero-order valence-corrected chi connectivity index (χ0v) is 15.9. The lowest BCUT2D eigenvalue weighted by molar-refractivity contribution is 0.0141. The van der Waals surface area contributed by atoms with Gasteiger partial charge in [-0.25, -0.2) is 9.97 Å². The van der Waals surface area contributed by atoms with Gasteiger partial charge in [-0.05, 0) is 37.1 Å². The first-order valence-corrected chi connectivity index (χ1v) is 10.1. The maximum absolute atomic E-state index is 12.7. The van der Waals surface area contributed by atoms with Gasteiger partial charge in [-0.2, -0.15) is 0 Å². The quantitative estimate of drug-likeness (QED) is 0.843. The van der Waals surface area contributed by atoms with Crippen LogP contribution in [0.4, 0.5) is 5.95 Å². The minimum atomic E-state index is -0.127. The van der Waals surface area contributed by atoms with Crippen molar-refractivity contribution in [2.75, 3.05) is 31.3 Å². The highest BCUT2D eigenvalue weighted by Gasteiger charge is 2.63. The molecule has 150 valence electrons. The molecule has 29 heavy (non-hydrogen) atoms. The number of carbonyl (C=O) groups excluding carboxylic acids is 1. The highest BCUT2D eigenvalue weighted by atomic mass is 16.7. The van der Waals surface area contributed by atoms with Gasteiger partial charge in [0.15, 0.2) is 11.5 Å². The summed E-state index contributed by atoms with van der Waals surface area (Å²) in [7, 11) is 0. The fourth-order valence-electron chi connectivity index (χ4n) is 5.42. The molecule has 1 aromatic heterocycles. The molecular weight excluding hydrogens is 372 g/mol. The van der Waals surface area contributed by atoms with Gasteiger partial charge in [0, 0.05) is 42.9 Å². The molecule has 6 rings (SSSR count). The number of anilines is 1. The van der Waals surface area contributed by atoms with Crippen molar-refractivity contribution in [3.8, 4) is 11.5 Å². The molecule has 8 heteroatoms. The fraction of sp³-hybridized carbons (Fsp3) is 0.476. The molecule has 0 unspecified atom stereocenters. The van der Waals surface area contributed by atoms with Crippen molar-refractivity contribution < 1.29 is 19.0 Å². The molecule has 4 aliphatic heterocycles. The summed E-state index contributed by atoms with van der Waals surface area (Å²) in [5.74, 6) is 2.64. The van der Waals surface area contributed by atoms with Gasteiger partial charge in [0.2, 0.25) is 12.7 Å². The third-order valence-electron chi connectivity index (χ3n) is 6.75. The van der Waals surface area contributed by atoms with E-state index in [4.69, 9.17) is 14.2 Å². The predicted octanol–water partition coefficient (Wildman–Crippen LogP) is 1.62. The van der Waals surface area contributed by atoms with E-state index in [9.17, 15) is 4.79 Å². The number of amides is 1. The Morgan fingerprint density at radius 3 is 3.00 bits per heavy atom. The van der Waals surface area contributed by atoms with Crippen LogP contribution in [0, 0.1) is 11.8 Å². The second kappa shape index (κ2) is 6.32. The van der Waals surface area contributed by atoms with Gasteiger partial charge in [0.25, 0.3) is 5.91 Å². The van der Waals surface area contributed by atoms with Crippen LogP contribution >= 0.6 is 0 Å². The Kier molecular flexibility index (Phi) is 3.71. The van der Waals surface area contributed by atoms with Gasteiger partial charge in [-0.15, -0.1) is 0 Å². The fourth-order valence-corrected chi connectivity index (χ4v) is 5.42. The third-order valence-corrected chi connectivity index (χ3v) is 6.75. The maximum Gasteiger partial charge on any atom is 0.251 e. The van der Waals surface area contributed by atoms with Crippen molar-refractivity contribution in [3.05, 3.63) is 42.2 Å². The zero-order valence-electron chi connectivity index (χ0n) is 15.9. The Morgan fingerprint density at radius 2 is 2.10 bits per heavy atom. The Morgan fingerprint density at radius 1 is 1.24 bits per heavy atom. The Balaban J connectivity index is 1.16. The second-order valence-electron chi connectivity index (χ2n) is 8.24. The van der Waals surface area contributed by atoms with Crippen molar-refractivity contribution in [2.45, 2.75) is 24.5 Å². The number of hydrogen-bond acceptors (Lipinski definition) is 7. The maximum atomic E-state index is 12.7. The molecule has 4 aliphatic rings. The highest BCUT2D eigenvalue weighted by Crippen LogP contribution is 2.54. The number of benzene rings is 1. The summed E-state index contributed by atoms with van der Waals surface area (Å²) < 4.78 is 17.2. The van der Waals surface area contributed by atoms with Gasteiger partial charge >= 0.3 is 0 Å². The molecule has 4 atom stereocenters. The number of carbonyl (C=O) groups is 1. The summed E-state index contributed by atoms with van der Waals surface area (Å²) in [5, 5.41) is 3.12. The summed E-state index contributed by atoms with van der Waals surface area (Å²) in [6, 6.07) is 7.11. The largest absolute Gasteiger partial charge is 0.454 e. The van der Waals surface area contributed by atoms with E-state index < -0.39 is 0 Å². The molecule has 5 heterocycles. The van der Waals surface area contributed by atoms with E-state index >= 15 is 0 Å². The van der Waals surface area contributed by atoms with Crippen LogP contribution in [0.25, 0.3) is 0 Å². The number of nitrogens with zero attached hydrogens (tertiary/aromatic N) is 3. The van der Waals surface area contributed by atoms with Crippen molar-refractivity contribution in [1.29, 1.82) is 0 Å². The van der Waals surface area contributed by atoms with Gasteiger partial charge < -0.3 is 24.4 Å². The Bertz CT molecular complexity index is 955. The SMILES string of the molecule is O=C(NC[C@H]1[C@H]2CN(c3ncccn3)C[C@]23CC[C@H]1O3)c1ccc2c(c1)OCO2. The lowest BCUT2D eigenvalue weighted by atomic mass is 9.73. The van der Waals surface area contributed by atoms with Crippen LogP contribution in [-0.4, -0.2) is 54.0 Å². The van der Waals surface area contributed by atoms with Crippen LogP contribution in [0.5, 0.6) is 11.5 Å². The van der Waals surface area contributed by atoms with Crippen molar-refractivity contribution in [3.63, 3.8) is 0 Å². The molecule has 0 saturated carbocycles. The molecule has 1 spiro atoms. The number of ether oxygens (including phenoxy) is 3. The summed E-state index contributed by atoms with van der Waals surface area (Å²) in [5.41, 5.74) is 0.455. The highest BCUT2D eigenvalue weighted by molar-refractivity contribution is 5.94. The molecule has 2 aromatic rings. The van der Waals surface area contributed by atoms with Crippen molar-refractivity contribution in [2.24, 2.45) is 11.8 Å². The van der Waals surface area contributed by atoms with Gasteiger partial charge in [-0.1, -0.05) is 0 Å². The Labute approximate surface area is 168 Å². The first-order valence-electron chi connectivity index (χ1n) is 10.1. The van der Waals surface area contributed by atoms with Crippen LogP contribution in [0.3, 0.4) is 0 Å². The molecule has 2 bridgehead atoms. The van der Waals surface area contributed by atoms with Crippen LogP contribution in [0.15, 0.2) is 36.7 Å².